The van der Waals surface area contributed by atoms with Crippen LogP contribution in [0.3, 0.4) is 0 Å². The van der Waals surface area contributed by atoms with Crippen LogP contribution in [0.15, 0.2) is 17.1 Å². The Morgan fingerprint density at radius 2 is 2.06 bits per heavy atom. The lowest BCUT2D eigenvalue weighted by atomic mass is 9.88. The summed E-state index contributed by atoms with van der Waals surface area (Å²) in [5.74, 6) is 0.625. The molecule has 1 N–H and O–H groups in total. The average molecular weight is 235 g/mol. The topological polar surface area (TPSA) is 24.4 Å². The lowest BCUT2D eigenvalue weighted by molar-refractivity contribution is 0.460. The standard InChI is InChI=1S/C13H15ClN2/c14-13-6-11-8-16-7-10(11)5-12(13)9-1-3-15-4-2-9/h5-6,8-9,15H,1-4,7H2. The molecular formula is C13H15ClN2. The molecule has 0 aliphatic carbocycles. The van der Waals surface area contributed by atoms with E-state index in [2.05, 4.69) is 22.4 Å². The highest BCUT2D eigenvalue weighted by molar-refractivity contribution is 6.31. The summed E-state index contributed by atoms with van der Waals surface area (Å²) in [5.41, 5.74) is 3.85. The Kier molecular flexibility index (Phi) is 2.70. The van der Waals surface area contributed by atoms with Crippen molar-refractivity contribution < 1.29 is 0 Å². The first-order valence-electron chi connectivity index (χ1n) is 5.87. The third kappa shape index (κ3) is 1.76. The fourth-order valence-corrected chi connectivity index (χ4v) is 2.92. The second kappa shape index (κ2) is 4.19. The molecule has 16 heavy (non-hydrogen) atoms. The van der Waals surface area contributed by atoms with Crippen LogP contribution in [0, 0.1) is 0 Å². The van der Waals surface area contributed by atoms with Crippen molar-refractivity contribution in [2.75, 3.05) is 13.1 Å². The van der Waals surface area contributed by atoms with Crippen molar-refractivity contribution >= 4 is 17.8 Å². The van der Waals surface area contributed by atoms with Gasteiger partial charge in [-0.2, -0.15) is 0 Å². The van der Waals surface area contributed by atoms with Gasteiger partial charge >= 0.3 is 0 Å². The fourth-order valence-electron chi connectivity index (χ4n) is 2.60. The third-order valence-corrected chi connectivity index (χ3v) is 3.86. The van der Waals surface area contributed by atoms with E-state index in [1.807, 2.05) is 6.21 Å². The molecule has 0 radical (unpaired) electrons. The van der Waals surface area contributed by atoms with Crippen molar-refractivity contribution in [2.45, 2.75) is 25.3 Å². The van der Waals surface area contributed by atoms with E-state index in [0.717, 1.165) is 24.7 Å². The Morgan fingerprint density at radius 1 is 1.25 bits per heavy atom. The predicted octanol–water partition coefficient (Wildman–Crippen LogP) is 2.74. The van der Waals surface area contributed by atoms with Gasteiger partial charge in [-0.15, -0.1) is 0 Å². The van der Waals surface area contributed by atoms with E-state index < -0.39 is 0 Å². The number of rotatable bonds is 1. The van der Waals surface area contributed by atoms with E-state index in [1.54, 1.807) is 0 Å². The summed E-state index contributed by atoms with van der Waals surface area (Å²) in [6.07, 6.45) is 4.31. The number of fused-ring (bicyclic) bond motifs is 1. The number of nitrogens with zero attached hydrogens (tertiary/aromatic N) is 1. The van der Waals surface area contributed by atoms with Crippen LogP contribution < -0.4 is 5.32 Å². The molecule has 1 fully saturated rings. The fraction of sp³-hybridized carbons (Fsp3) is 0.462. The molecule has 0 bridgehead atoms. The summed E-state index contributed by atoms with van der Waals surface area (Å²) in [5, 5.41) is 4.30. The smallest absolute Gasteiger partial charge is 0.0646 e. The number of aliphatic imine (C=N–C) groups is 1. The van der Waals surface area contributed by atoms with E-state index in [0.29, 0.717) is 5.92 Å². The number of hydrogen-bond donors (Lipinski definition) is 1. The van der Waals surface area contributed by atoms with E-state index in [-0.39, 0.29) is 0 Å². The first-order valence-corrected chi connectivity index (χ1v) is 6.25. The van der Waals surface area contributed by atoms with E-state index in [9.17, 15) is 0 Å². The maximum atomic E-state index is 6.36. The molecule has 3 rings (SSSR count). The van der Waals surface area contributed by atoms with Crippen LogP contribution >= 0.6 is 11.6 Å². The Labute approximate surface area is 101 Å². The van der Waals surface area contributed by atoms with E-state index >= 15 is 0 Å². The van der Waals surface area contributed by atoms with E-state index in [4.69, 9.17) is 11.6 Å². The van der Waals surface area contributed by atoms with Gasteiger partial charge in [-0.1, -0.05) is 17.7 Å². The minimum absolute atomic E-state index is 0.625. The lowest BCUT2D eigenvalue weighted by Crippen LogP contribution is -2.26. The predicted molar refractivity (Wildman–Crippen MR) is 67.6 cm³/mol. The summed E-state index contributed by atoms with van der Waals surface area (Å²) in [6.45, 7) is 3.04. The Balaban J connectivity index is 1.95. The molecule has 2 nitrogen and oxygen atoms in total. The largest absolute Gasteiger partial charge is 0.317 e. The van der Waals surface area contributed by atoms with Gasteiger partial charge in [0.15, 0.2) is 0 Å². The number of nitrogens with one attached hydrogen (secondary N) is 1. The first kappa shape index (κ1) is 10.3. The van der Waals surface area contributed by atoms with Gasteiger partial charge in [0.1, 0.15) is 0 Å². The number of hydrogen-bond acceptors (Lipinski definition) is 2. The van der Waals surface area contributed by atoms with Crippen molar-refractivity contribution in [3.63, 3.8) is 0 Å². The monoisotopic (exact) mass is 234 g/mol. The molecule has 1 saturated heterocycles. The molecular weight excluding hydrogens is 220 g/mol. The van der Waals surface area contributed by atoms with Crippen LogP contribution in [0.2, 0.25) is 5.02 Å². The highest BCUT2D eigenvalue weighted by Crippen LogP contribution is 2.34. The number of halogens is 1. The van der Waals surface area contributed by atoms with Crippen molar-refractivity contribution in [3.05, 3.63) is 33.8 Å². The number of benzene rings is 1. The molecule has 0 amide bonds. The summed E-state index contributed by atoms with van der Waals surface area (Å²) in [4.78, 5) is 4.28. The molecule has 0 spiro atoms. The molecule has 2 heterocycles. The van der Waals surface area contributed by atoms with Crippen LogP contribution in [0.4, 0.5) is 0 Å². The molecule has 1 aromatic rings. The van der Waals surface area contributed by atoms with Gasteiger partial charge in [-0.25, -0.2) is 0 Å². The zero-order chi connectivity index (χ0) is 11.0. The molecule has 84 valence electrons. The van der Waals surface area contributed by atoms with Gasteiger partial charge < -0.3 is 5.32 Å². The highest BCUT2D eigenvalue weighted by atomic mass is 35.5. The Morgan fingerprint density at radius 3 is 2.88 bits per heavy atom. The summed E-state index contributed by atoms with van der Waals surface area (Å²) in [7, 11) is 0. The third-order valence-electron chi connectivity index (χ3n) is 3.53. The van der Waals surface area contributed by atoms with Gasteiger partial charge in [0, 0.05) is 11.2 Å². The minimum Gasteiger partial charge on any atom is -0.317 e. The second-order valence-corrected chi connectivity index (χ2v) is 4.97. The second-order valence-electron chi connectivity index (χ2n) is 4.57. The molecule has 0 aromatic heterocycles. The van der Waals surface area contributed by atoms with E-state index in [1.165, 1.54) is 29.5 Å². The first-order chi connectivity index (χ1) is 7.84. The van der Waals surface area contributed by atoms with Gasteiger partial charge in [0.2, 0.25) is 0 Å². The van der Waals surface area contributed by atoms with Gasteiger partial charge in [0.25, 0.3) is 0 Å². The normalized spacial score (nSPS) is 20.1. The maximum absolute atomic E-state index is 6.36. The molecule has 1 aromatic carbocycles. The zero-order valence-corrected chi connectivity index (χ0v) is 9.93. The Bertz CT molecular complexity index is 434. The minimum atomic E-state index is 0.625. The summed E-state index contributed by atoms with van der Waals surface area (Å²) in [6, 6.07) is 4.34. The maximum Gasteiger partial charge on any atom is 0.0646 e. The van der Waals surface area contributed by atoms with Crippen LogP contribution in [0.5, 0.6) is 0 Å². The lowest BCUT2D eigenvalue weighted by Gasteiger charge is -2.24. The van der Waals surface area contributed by atoms with Crippen molar-refractivity contribution in [1.82, 2.24) is 5.32 Å². The summed E-state index contributed by atoms with van der Waals surface area (Å²) >= 11 is 6.36. The molecule has 2 aliphatic heterocycles. The molecule has 0 saturated carbocycles. The van der Waals surface area contributed by atoms with Gasteiger partial charge in [-0.3, -0.25) is 4.99 Å². The van der Waals surface area contributed by atoms with Crippen LogP contribution in [0.25, 0.3) is 0 Å². The van der Waals surface area contributed by atoms with Gasteiger partial charge in [0.05, 0.1) is 6.54 Å². The molecule has 0 unspecified atom stereocenters. The van der Waals surface area contributed by atoms with Crippen LogP contribution in [0.1, 0.15) is 35.4 Å². The quantitative estimate of drug-likeness (QED) is 0.794. The molecule has 2 aliphatic rings. The zero-order valence-electron chi connectivity index (χ0n) is 9.17. The SMILES string of the molecule is Clc1cc2c(cc1C1CCNCC1)CN=C2. The average Bonchev–Trinajstić information content (AvgIpc) is 2.76. The van der Waals surface area contributed by atoms with Crippen LogP contribution in [-0.2, 0) is 6.54 Å². The summed E-state index contributed by atoms with van der Waals surface area (Å²) < 4.78 is 0. The van der Waals surface area contributed by atoms with Crippen molar-refractivity contribution in [3.8, 4) is 0 Å². The molecule has 3 heteroatoms. The van der Waals surface area contributed by atoms with Crippen molar-refractivity contribution in [1.29, 1.82) is 0 Å². The van der Waals surface area contributed by atoms with Gasteiger partial charge in [-0.05, 0) is 54.6 Å². The molecule has 0 atom stereocenters. The van der Waals surface area contributed by atoms with Crippen molar-refractivity contribution in [2.24, 2.45) is 4.99 Å². The number of piperidine rings is 1. The Hall–Kier alpha value is -0.860. The highest BCUT2D eigenvalue weighted by Gasteiger charge is 2.20. The van der Waals surface area contributed by atoms with Crippen LogP contribution in [-0.4, -0.2) is 19.3 Å².